The molecule has 0 heterocycles. The van der Waals surface area contributed by atoms with E-state index >= 15 is 0 Å². The molecule has 4 N–H and O–H groups in total. The van der Waals surface area contributed by atoms with Crippen LogP contribution in [0.1, 0.15) is 0 Å². The maximum absolute atomic E-state index is 8.74. The summed E-state index contributed by atoms with van der Waals surface area (Å²) in [5.74, 6) is 0. The first-order valence-corrected chi connectivity index (χ1v) is 4.19. The van der Waals surface area contributed by atoms with Crippen molar-refractivity contribution in [2.75, 3.05) is 0 Å². The molecule has 8 nitrogen and oxygen atoms in total. The van der Waals surface area contributed by atoms with Crippen LogP contribution in [0.3, 0.4) is 0 Å². The number of hydrogen-bond donors (Lipinski definition) is 4. The monoisotopic (exact) mass is 260 g/mol. The van der Waals surface area contributed by atoms with Gasteiger partial charge < -0.3 is 0 Å². The summed E-state index contributed by atoms with van der Waals surface area (Å²) in [6, 6.07) is 0. The van der Waals surface area contributed by atoms with Crippen molar-refractivity contribution in [3.63, 3.8) is 0 Å². The molecule has 0 aliphatic rings. The van der Waals surface area contributed by atoms with Crippen LogP contribution in [0.5, 0.6) is 0 Å². The molecule has 0 atom stereocenters. The second-order valence-electron chi connectivity index (χ2n) is 0.896. The fourth-order valence-corrected chi connectivity index (χ4v) is 0. The standard InChI is InChI=1S/K.Na.2H2O4S.2H/c;;2*1-5(2,3)4;;/h;;2*(H2,1,2,3,4);;. The van der Waals surface area contributed by atoms with Crippen molar-refractivity contribution in [2.45, 2.75) is 0 Å². The molecule has 0 fully saturated rings. The average molecular weight is 260 g/mol. The van der Waals surface area contributed by atoms with Crippen molar-refractivity contribution in [1.29, 1.82) is 0 Å². The molecule has 12 heteroatoms. The van der Waals surface area contributed by atoms with Gasteiger partial charge in [0.1, 0.15) is 0 Å². The Balaban J connectivity index is -0.0000000457. The van der Waals surface area contributed by atoms with Crippen LogP contribution in [0.2, 0.25) is 0 Å². The average Bonchev–Trinajstić information content (AvgIpc) is 1.12. The van der Waals surface area contributed by atoms with Gasteiger partial charge >= 0.3 is 102 Å². The van der Waals surface area contributed by atoms with Crippen LogP contribution >= 0.6 is 0 Å². The minimum atomic E-state index is -4.67. The molecule has 0 aliphatic heterocycles. The SMILES string of the molecule is O=S(=O)(O)O.O=S(=O)(O)O.[KH].[NaH]. The Hall–Kier alpha value is 2.38. The molecule has 0 amide bonds. The van der Waals surface area contributed by atoms with Gasteiger partial charge in [-0.05, 0) is 0 Å². The van der Waals surface area contributed by atoms with Crippen LogP contribution < -0.4 is 0 Å². The van der Waals surface area contributed by atoms with E-state index in [0.717, 1.165) is 0 Å². The van der Waals surface area contributed by atoms with Crippen molar-refractivity contribution in [2.24, 2.45) is 0 Å². The van der Waals surface area contributed by atoms with Crippen LogP contribution in [-0.4, -0.2) is 116 Å². The Labute approximate surface area is 134 Å². The van der Waals surface area contributed by atoms with E-state index in [-0.39, 0.29) is 80.9 Å². The summed E-state index contributed by atoms with van der Waals surface area (Å²) in [6.45, 7) is 0. The maximum atomic E-state index is 8.74. The van der Waals surface area contributed by atoms with E-state index in [4.69, 9.17) is 35.0 Å². The summed E-state index contributed by atoms with van der Waals surface area (Å²) in [6.07, 6.45) is 0. The summed E-state index contributed by atoms with van der Waals surface area (Å²) in [4.78, 5) is 0. The van der Waals surface area contributed by atoms with Gasteiger partial charge in [-0.3, -0.25) is 18.2 Å². The second kappa shape index (κ2) is 9.91. The van der Waals surface area contributed by atoms with Gasteiger partial charge in [0.2, 0.25) is 0 Å². The van der Waals surface area contributed by atoms with Crippen LogP contribution in [0.25, 0.3) is 0 Å². The van der Waals surface area contributed by atoms with Crippen LogP contribution in [0, 0.1) is 0 Å². The Kier molecular flexibility index (Phi) is 19.7. The van der Waals surface area contributed by atoms with Gasteiger partial charge in [0.15, 0.2) is 0 Å². The van der Waals surface area contributed by atoms with E-state index in [0.29, 0.717) is 0 Å². The van der Waals surface area contributed by atoms with Gasteiger partial charge in [-0.15, -0.1) is 0 Å². The van der Waals surface area contributed by atoms with Gasteiger partial charge in [-0.25, -0.2) is 0 Å². The fraction of sp³-hybridized carbons (Fsp3) is 0. The van der Waals surface area contributed by atoms with Crippen molar-refractivity contribution < 1.29 is 35.0 Å². The van der Waals surface area contributed by atoms with E-state index in [1.165, 1.54) is 0 Å². The van der Waals surface area contributed by atoms with Crippen LogP contribution in [0.4, 0.5) is 0 Å². The zero-order valence-corrected chi connectivity index (χ0v) is 5.87. The molecule has 0 radical (unpaired) electrons. The van der Waals surface area contributed by atoms with E-state index in [1.54, 1.807) is 0 Å². The third-order valence-corrected chi connectivity index (χ3v) is 0. The predicted octanol–water partition coefficient (Wildman–Crippen LogP) is -2.60. The Morgan fingerprint density at radius 2 is 0.667 bits per heavy atom. The van der Waals surface area contributed by atoms with E-state index in [9.17, 15) is 0 Å². The molecule has 0 saturated heterocycles. The van der Waals surface area contributed by atoms with Crippen LogP contribution in [0.15, 0.2) is 0 Å². The first-order chi connectivity index (χ1) is 4.00. The van der Waals surface area contributed by atoms with Crippen molar-refractivity contribution >= 4 is 102 Å². The van der Waals surface area contributed by atoms with Gasteiger partial charge in [0.25, 0.3) is 0 Å². The second-order valence-corrected chi connectivity index (χ2v) is 2.69. The van der Waals surface area contributed by atoms with Gasteiger partial charge in [0, 0.05) is 0 Å². The molecule has 68 valence electrons. The quantitative estimate of drug-likeness (QED) is 0.273. The third kappa shape index (κ3) is 284. The molecule has 0 aromatic rings. The molecule has 0 aromatic carbocycles. The van der Waals surface area contributed by atoms with Crippen molar-refractivity contribution in [1.82, 2.24) is 0 Å². The number of rotatable bonds is 0. The van der Waals surface area contributed by atoms with Crippen LogP contribution in [-0.2, 0) is 20.8 Å². The molecule has 0 rings (SSSR count). The molecular formula is H6KNaO8S2. The molecular weight excluding hydrogens is 254 g/mol. The Bertz CT molecular complexity index is 213. The molecule has 0 aromatic heterocycles. The van der Waals surface area contributed by atoms with Gasteiger partial charge in [-0.1, -0.05) is 0 Å². The summed E-state index contributed by atoms with van der Waals surface area (Å²) in [7, 11) is -9.33. The Morgan fingerprint density at radius 3 is 0.667 bits per heavy atom. The zero-order valence-electron chi connectivity index (χ0n) is 4.24. The summed E-state index contributed by atoms with van der Waals surface area (Å²) in [5, 5.41) is 0. The molecule has 0 aliphatic carbocycles. The molecule has 12 heavy (non-hydrogen) atoms. The van der Waals surface area contributed by atoms with E-state index in [2.05, 4.69) is 0 Å². The summed E-state index contributed by atoms with van der Waals surface area (Å²) < 4.78 is 63.2. The van der Waals surface area contributed by atoms with Gasteiger partial charge in [0.05, 0.1) is 0 Å². The first kappa shape index (κ1) is 23.9. The van der Waals surface area contributed by atoms with Crippen molar-refractivity contribution in [3.05, 3.63) is 0 Å². The third-order valence-electron chi connectivity index (χ3n) is 0. The van der Waals surface area contributed by atoms with E-state index < -0.39 is 20.8 Å². The van der Waals surface area contributed by atoms with Crippen molar-refractivity contribution in [3.8, 4) is 0 Å². The van der Waals surface area contributed by atoms with Gasteiger partial charge in [-0.2, -0.15) is 16.8 Å². The zero-order chi connectivity index (χ0) is 9.00. The fourth-order valence-electron chi connectivity index (χ4n) is 0. The summed E-state index contributed by atoms with van der Waals surface area (Å²) >= 11 is 0. The molecule has 0 saturated carbocycles. The topological polar surface area (TPSA) is 149 Å². The molecule has 0 unspecified atom stereocenters. The minimum absolute atomic E-state index is 0. The van der Waals surface area contributed by atoms with E-state index in [1.807, 2.05) is 0 Å². The number of hydrogen-bond acceptors (Lipinski definition) is 4. The molecule has 0 bridgehead atoms. The first-order valence-electron chi connectivity index (χ1n) is 1.40. The normalized spacial score (nSPS) is 9.67. The summed E-state index contributed by atoms with van der Waals surface area (Å²) in [5.41, 5.74) is 0. The Morgan fingerprint density at radius 1 is 0.667 bits per heavy atom. The predicted molar refractivity (Wildman–Crippen MR) is 42.7 cm³/mol. The molecule has 0 spiro atoms.